The van der Waals surface area contributed by atoms with Crippen molar-refractivity contribution in [3.05, 3.63) is 32.3 Å². The number of aromatic hydroxyl groups is 1. The number of aliphatic hydroxyl groups excluding tert-OH is 1. The fraction of sp³-hybridized carbons (Fsp3) is 0.562. The highest BCUT2D eigenvalue weighted by molar-refractivity contribution is 7.71. The summed E-state index contributed by atoms with van der Waals surface area (Å²) in [5.74, 6) is -0.150. The van der Waals surface area contributed by atoms with E-state index in [1.165, 1.54) is 24.6 Å². The number of aliphatic imine (C=N–C) groups is 1. The molecule has 0 amide bonds. The van der Waals surface area contributed by atoms with Gasteiger partial charge in [0.25, 0.3) is 5.56 Å². The Hall–Kier alpha value is -1.73. The molecule has 0 atom stereocenters. The number of allylic oxidation sites excluding steroid dienone is 2. The normalized spacial score (nSPS) is 15.1. The zero-order valence-corrected chi connectivity index (χ0v) is 13.9. The van der Waals surface area contributed by atoms with Gasteiger partial charge in [-0.15, -0.1) is 0 Å². The molecule has 1 aromatic heterocycles. The molecule has 0 unspecified atom stereocenters. The summed E-state index contributed by atoms with van der Waals surface area (Å²) in [6, 6.07) is 0. The van der Waals surface area contributed by atoms with E-state index in [0.717, 1.165) is 19.3 Å². The van der Waals surface area contributed by atoms with Gasteiger partial charge in [0.05, 0.1) is 0 Å². The first kappa shape index (κ1) is 17.6. The van der Waals surface area contributed by atoms with Gasteiger partial charge >= 0.3 is 0 Å². The van der Waals surface area contributed by atoms with Crippen LogP contribution in [-0.2, 0) is 6.54 Å². The van der Waals surface area contributed by atoms with E-state index in [1.54, 1.807) is 4.57 Å². The summed E-state index contributed by atoms with van der Waals surface area (Å²) in [6.45, 7) is 0.975. The van der Waals surface area contributed by atoms with Crippen molar-refractivity contribution in [1.29, 1.82) is 0 Å². The smallest absolute Gasteiger partial charge is 0.264 e. The zero-order valence-electron chi connectivity index (χ0n) is 13.1. The Labute approximate surface area is 140 Å². The number of nitrogens with one attached hydrogen (secondary N) is 1. The van der Waals surface area contributed by atoms with Gasteiger partial charge in [-0.2, -0.15) is 0 Å². The molecular formula is C16H23N3O3S. The number of aromatic amines is 1. The summed E-state index contributed by atoms with van der Waals surface area (Å²) in [7, 11) is 0. The fourth-order valence-electron chi connectivity index (χ4n) is 2.60. The number of aromatic nitrogens is 2. The van der Waals surface area contributed by atoms with Gasteiger partial charge < -0.3 is 10.2 Å². The van der Waals surface area contributed by atoms with Gasteiger partial charge in [-0.05, 0) is 50.7 Å². The Balaban J connectivity index is 2.18. The monoisotopic (exact) mass is 337 g/mol. The second kappa shape index (κ2) is 8.79. The highest BCUT2D eigenvalue weighted by Gasteiger charge is 2.12. The maximum atomic E-state index is 11.9. The van der Waals surface area contributed by atoms with Crippen LogP contribution in [0.3, 0.4) is 0 Å². The molecule has 1 aliphatic rings. The average Bonchev–Trinajstić information content (AvgIpc) is 2.54. The first-order valence-corrected chi connectivity index (χ1v) is 8.39. The summed E-state index contributed by atoms with van der Waals surface area (Å²) in [5, 5.41) is 19.1. The van der Waals surface area contributed by atoms with Crippen LogP contribution in [0.5, 0.6) is 5.88 Å². The first-order chi connectivity index (χ1) is 11.1. The van der Waals surface area contributed by atoms with Gasteiger partial charge in [-0.1, -0.05) is 11.6 Å². The molecule has 0 fully saturated rings. The molecule has 1 heterocycles. The lowest BCUT2D eigenvalue weighted by Crippen LogP contribution is -2.19. The predicted octanol–water partition coefficient (Wildman–Crippen LogP) is 2.30. The number of hydrogen-bond acceptors (Lipinski definition) is 5. The SMILES string of the molecule is O=c1[nH]c(=S)n(CCC2=CCCCC2)c(O)c1C=NCCCO. The second-order valence-corrected chi connectivity index (χ2v) is 6.01. The molecule has 0 spiro atoms. The number of aliphatic hydroxyl groups is 1. The molecule has 0 aliphatic heterocycles. The Bertz CT molecular complexity index is 704. The van der Waals surface area contributed by atoms with Crippen LogP contribution in [0, 0.1) is 4.77 Å². The largest absolute Gasteiger partial charge is 0.494 e. The molecule has 6 nitrogen and oxygen atoms in total. The molecule has 0 bridgehead atoms. The van der Waals surface area contributed by atoms with E-state index in [4.69, 9.17) is 17.3 Å². The molecule has 1 aliphatic carbocycles. The summed E-state index contributed by atoms with van der Waals surface area (Å²) in [4.78, 5) is 18.6. The van der Waals surface area contributed by atoms with E-state index >= 15 is 0 Å². The van der Waals surface area contributed by atoms with Crippen LogP contribution in [0.15, 0.2) is 21.4 Å². The van der Waals surface area contributed by atoms with Gasteiger partial charge in [-0.3, -0.25) is 19.3 Å². The van der Waals surface area contributed by atoms with Gasteiger partial charge in [0.15, 0.2) is 4.77 Å². The van der Waals surface area contributed by atoms with Crippen molar-refractivity contribution >= 4 is 18.4 Å². The Morgan fingerprint density at radius 1 is 1.43 bits per heavy atom. The molecule has 2 rings (SSSR count). The average molecular weight is 337 g/mol. The Morgan fingerprint density at radius 3 is 2.96 bits per heavy atom. The maximum absolute atomic E-state index is 11.9. The van der Waals surface area contributed by atoms with Crippen LogP contribution in [0.1, 0.15) is 44.1 Å². The minimum atomic E-state index is -0.451. The number of H-pyrrole nitrogens is 1. The van der Waals surface area contributed by atoms with Crippen molar-refractivity contribution < 1.29 is 10.2 Å². The topological polar surface area (TPSA) is 90.6 Å². The van der Waals surface area contributed by atoms with Crippen molar-refractivity contribution in [2.75, 3.05) is 13.2 Å². The van der Waals surface area contributed by atoms with Crippen LogP contribution < -0.4 is 5.56 Å². The molecule has 0 aromatic carbocycles. The molecule has 23 heavy (non-hydrogen) atoms. The van der Waals surface area contributed by atoms with Gasteiger partial charge in [0, 0.05) is 25.9 Å². The van der Waals surface area contributed by atoms with Crippen LogP contribution in [0.25, 0.3) is 0 Å². The number of hydrogen-bond donors (Lipinski definition) is 3. The summed E-state index contributed by atoms with van der Waals surface area (Å²) < 4.78 is 1.76. The van der Waals surface area contributed by atoms with Crippen LogP contribution >= 0.6 is 12.2 Å². The first-order valence-electron chi connectivity index (χ1n) is 7.98. The van der Waals surface area contributed by atoms with Crippen molar-refractivity contribution in [1.82, 2.24) is 9.55 Å². The second-order valence-electron chi connectivity index (χ2n) is 5.62. The summed E-state index contributed by atoms with van der Waals surface area (Å²) >= 11 is 5.16. The molecule has 3 N–H and O–H groups in total. The van der Waals surface area contributed by atoms with Gasteiger partial charge in [0.2, 0.25) is 5.88 Å². The third-order valence-corrected chi connectivity index (χ3v) is 4.24. The maximum Gasteiger partial charge on any atom is 0.264 e. The summed E-state index contributed by atoms with van der Waals surface area (Å²) in [6.07, 6.45) is 9.58. The lowest BCUT2D eigenvalue weighted by molar-refractivity contribution is 0.291. The third kappa shape index (κ3) is 4.87. The van der Waals surface area contributed by atoms with E-state index in [1.807, 2.05) is 0 Å². The number of rotatable bonds is 7. The zero-order chi connectivity index (χ0) is 16.7. The third-order valence-electron chi connectivity index (χ3n) is 3.91. The molecule has 7 heteroatoms. The predicted molar refractivity (Wildman–Crippen MR) is 92.9 cm³/mol. The van der Waals surface area contributed by atoms with E-state index in [9.17, 15) is 9.90 Å². The molecule has 0 saturated heterocycles. The molecule has 0 saturated carbocycles. The highest BCUT2D eigenvalue weighted by atomic mass is 32.1. The number of nitrogens with zero attached hydrogens (tertiary/aromatic N) is 2. The Morgan fingerprint density at radius 2 is 2.26 bits per heavy atom. The van der Waals surface area contributed by atoms with Crippen molar-refractivity contribution in [3.63, 3.8) is 0 Å². The van der Waals surface area contributed by atoms with Crippen LogP contribution in [0.4, 0.5) is 0 Å². The highest BCUT2D eigenvalue weighted by Crippen LogP contribution is 2.22. The molecule has 126 valence electrons. The fourth-order valence-corrected chi connectivity index (χ4v) is 2.87. The van der Waals surface area contributed by atoms with E-state index in [-0.39, 0.29) is 22.8 Å². The lowest BCUT2D eigenvalue weighted by Gasteiger charge is -2.15. The molecule has 1 aromatic rings. The lowest BCUT2D eigenvalue weighted by atomic mass is 9.97. The van der Waals surface area contributed by atoms with E-state index in [2.05, 4.69) is 16.1 Å². The van der Waals surface area contributed by atoms with Crippen molar-refractivity contribution in [3.8, 4) is 5.88 Å². The molecular weight excluding hydrogens is 314 g/mol. The van der Waals surface area contributed by atoms with Crippen molar-refractivity contribution in [2.24, 2.45) is 4.99 Å². The van der Waals surface area contributed by atoms with E-state index < -0.39 is 5.56 Å². The van der Waals surface area contributed by atoms with Crippen LogP contribution in [0.2, 0.25) is 0 Å². The van der Waals surface area contributed by atoms with Gasteiger partial charge in [0.1, 0.15) is 5.56 Å². The Kier molecular flexibility index (Phi) is 6.73. The van der Waals surface area contributed by atoms with Crippen LogP contribution in [-0.4, -0.2) is 39.1 Å². The minimum absolute atomic E-state index is 0.0416. The standard InChI is InChI=1S/C16H23N3O3S/c20-10-4-8-17-11-13-14(21)18-16(23)19(15(13)22)9-7-12-5-2-1-3-6-12/h5,11,20,22H,1-4,6-10H2,(H,18,21,23). The van der Waals surface area contributed by atoms with Crippen molar-refractivity contribution in [2.45, 2.75) is 45.1 Å². The van der Waals surface area contributed by atoms with Gasteiger partial charge in [-0.25, -0.2) is 0 Å². The summed E-state index contributed by atoms with van der Waals surface area (Å²) in [5.41, 5.74) is 1.03. The quantitative estimate of drug-likeness (QED) is 0.308. The molecule has 0 radical (unpaired) electrons. The van der Waals surface area contributed by atoms with E-state index in [0.29, 0.717) is 19.5 Å². The minimum Gasteiger partial charge on any atom is -0.494 e.